The number of aliphatic hydroxyl groups is 2. The molecule has 0 aliphatic rings. The predicted octanol–water partition coefficient (Wildman–Crippen LogP) is 1.57. The third-order valence-corrected chi connectivity index (χ3v) is 1.92. The summed E-state index contributed by atoms with van der Waals surface area (Å²) in [5.74, 6) is 1.32. The van der Waals surface area contributed by atoms with Crippen molar-refractivity contribution in [3.8, 4) is 5.75 Å². The highest BCUT2D eigenvalue weighted by atomic mass is 16.5. The van der Waals surface area contributed by atoms with Crippen molar-refractivity contribution in [2.75, 3.05) is 6.61 Å². The third-order valence-electron chi connectivity index (χ3n) is 1.92. The van der Waals surface area contributed by atoms with Crippen LogP contribution in [0.1, 0.15) is 19.4 Å². The zero-order valence-electron chi connectivity index (χ0n) is 9.18. The molecule has 0 saturated heterocycles. The van der Waals surface area contributed by atoms with Crippen molar-refractivity contribution in [1.82, 2.24) is 0 Å². The van der Waals surface area contributed by atoms with E-state index in [1.54, 1.807) is 0 Å². The summed E-state index contributed by atoms with van der Waals surface area (Å²) in [4.78, 5) is 0. The summed E-state index contributed by atoms with van der Waals surface area (Å²) in [6.07, 6.45) is -1.03. The van der Waals surface area contributed by atoms with Gasteiger partial charge in [-0.1, -0.05) is 26.0 Å². The molecule has 2 N–H and O–H groups in total. The Hall–Kier alpha value is -1.06. The highest BCUT2D eigenvalue weighted by molar-refractivity contribution is 5.27. The van der Waals surface area contributed by atoms with E-state index in [0.29, 0.717) is 12.5 Å². The van der Waals surface area contributed by atoms with Gasteiger partial charge in [-0.3, -0.25) is 0 Å². The minimum absolute atomic E-state index is 0.254. The number of benzene rings is 1. The van der Waals surface area contributed by atoms with Gasteiger partial charge in [0.25, 0.3) is 0 Å². The van der Waals surface area contributed by atoms with Crippen molar-refractivity contribution >= 4 is 0 Å². The molecule has 0 bridgehead atoms. The second kappa shape index (κ2) is 5.73. The van der Waals surface area contributed by atoms with Crippen LogP contribution in [0.25, 0.3) is 0 Å². The van der Waals surface area contributed by atoms with Crippen LogP contribution in [-0.2, 0) is 6.42 Å². The molecule has 15 heavy (non-hydrogen) atoms. The third kappa shape index (κ3) is 4.81. The van der Waals surface area contributed by atoms with Crippen LogP contribution in [0, 0.1) is 5.92 Å². The molecule has 3 nitrogen and oxygen atoms in total. The summed E-state index contributed by atoms with van der Waals surface area (Å²) < 4.78 is 5.50. The summed E-state index contributed by atoms with van der Waals surface area (Å²) in [5.41, 5.74) is 0.891. The number of hydrogen-bond donors (Lipinski definition) is 2. The van der Waals surface area contributed by atoms with E-state index < -0.39 is 6.29 Å². The maximum atomic E-state index is 8.78. The summed E-state index contributed by atoms with van der Waals surface area (Å²) >= 11 is 0. The molecule has 0 amide bonds. The van der Waals surface area contributed by atoms with Crippen molar-refractivity contribution in [1.29, 1.82) is 0 Å². The van der Waals surface area contributed by atoms with Crippen LogP contribution >= 0.6 is 0 Å². The Labute approximate surface area is 90.3 Å². The molecule has 0 spiro atoms. The predicted molar refractivity (Wildman–Crippen MR) is 58.7 cm³/mol. The van der Waals surface area contributed by atoms with Crippen LogP contribution in [-0.4, -0.2) is 23.1 Å². The Bertz CT molecular complexity index is 277. The van der Waals surface area contributed by atoms with Gasteiger partial charge >= 0.3 is 0 Å². The van der Waals surface area contributed by atoms with Crippen molar-refractivity contribution in [2.24, 2.45) is 5.92 Å². The average molecular weight is 210 g/mol. The van der Waals surface area contributed by atoms with E-state index in [0.717, 1.165) is 11.3 Å². The minimum Gasteiger partial charge on any atom is -0.493 e. The van der Waals surface area contributed by atoms with Crippen molar-refractivity contribution in [3.05, 3.63) is 29.8 Å². The van der Waals surface area contributed by atoms with Crippen LogP contribution in [0.3, 0.4) is 0 Å². The smallest absolute Gasteiger partial charge is 0.155 e. The van der Waals surface area contributed by atoms with Gasteiger partial charge in [0.05, 0.1) is 6.61 Å². The van der Waals surface area contributed by atoms with E-state index in [1.807, 2.05) is 24.3 Å². The second-order valence-corrected chi connectivity index (χ2v) is 4.03. The van der Waals surface area contributed by atoms with Gasteiger partial charge in [0.2, 0.25) is 0 Å². The van der Waals surface area contributed by atoms with Gasteiger partial charge in [-0.2, -0.15) is 0 Å². The maximum absolute atomic E-state index is 8.78. The zero-order valence-corrected chi connectivity index (χ0v) is 9.18. The lowest BCUT2D eigenvalue weighted by Crippen LogP contribution is -2.08. The van der Waals surface area contributed by atoms with Gasteiger partial charge in [-0.05, 0) is 23.6 Å². The van der Waals surface area contributed by atoms with Gasteiger partial charge in [-0.25, -0.2) is 0 Å². The Kier molecular flexibility index (Phi) is 4.59. The van der Waals surface area contributed by atoms with E-state index in [1.165, 1.54) is 0 Å². The Morgan fingerprint density at radius 3 is 2.20 bits per heavy atom. The molecule has 3 heteroatoms. The van der Waals surface area contributed by atoms with Crippen molar-refractivity contribution in [3.63, 3.8) is 0 Å². The van der Waals surface area contributed by atoms with E-state index >= 15 is 0 Å². The fraction of sp³-hybridized carbons (Fsp3) is 0.500. The molecule has 84 valence electrons. The molecule has 0 aromatic heterocycles. The first-order chi connectivity index (χ1) is 7.08. The van der Waals surface area contributed by atoms with E-state index in [2.05, 4.69) is 13.8 Å². The molecule has 0 heterocycles. The summed E-state index contributed by atoms with van der Waals surface area (Å²) in [7, 11) is 0. The first-order valence-corrected chi connectivity index (χ1v) is 5.16. The molecular formula is C12H18O3. The fourth-order valence-electron chi connectivity index (χ4n) is 1.20. The first-order valence-electron chi connectivity index (χ1n) is 5.16. The quantitative estimate of drug-likeness (QED) is 0.725. The number of aliphatic hydroxyl groups excluding tert-OH is 1. The zero-order chi connectivity index (χ0) is 11.3. The number of ether oxygens (including phenoxy) is 1. The SMILES string of the molecule is CC(C)COc1ccc(CC(O)O)cc1. The molecule has 1 rings (SSSR count). The van der Waals surface area contributed by atoms with E-state index in [9.17, 15) is 0 Å². The van der Waals surface area contributed by atoms with Crippen molar-refractivity contribution < 1.29 is 14.9 Å². The minimum atomic E-state index is -1.28. The van der Waals surface area contributed by atoms with Gasteiger partial charge in [0.1, 0.15) is 5.75 Å². The molecule has 0 saturated carbocycles. The molecule has 0 radical (unpaired) electrons. The Balaban J connectivity index is 2.49. The molecular weight excluding hydrogens is 192 g/mol. The normalized spacial score (nSPS) is 11.1. The van der Waals surface area contributed by atoms with Crippen LogP contribution in [0.15, 0.2) is 24.3 Å². The van der Waals surface area contributed by atoms with E-state index in [4.69, 9.17) is 14.9 Å². The molecule has 1 aromatic rings. The highest BCUT2D eigenvalue weighted by Gasteiger charge is 2.01. The van der Waals surface area contributed by atoms with Gasteiger partial charge in [0, 0.05) is 6.42 Å². The topological polar surface area (TPSA) is 49.7 Å². The summed E-state index contributed by atoms with van der Waals surface area (Å²) in [6, 6.07) is 7.38. The summed E-state index contributed by atoms with van der Waals surface area (Å²) in [5, 5.41) is 17.6. The van der Waals surface area contributed by atoms with Gasteiger partial charge in [-0.15, -0.1) is 0 Å². The highest BCUT2D eigenvalue weighted by Crippen LogP contribution is 2.14. The van der Waals surface area contributed by atoms with Crippen LogP contribution in [0.2, 0.25) is 0 Å². The Morgan fingerprint density at radius 2 is 1.73 bits per heavy atom. The van der Waals surface area contributed by atoms with Crippen LogP contribution in [0.5, 0.6) is 5.75 Å². The maximum Gasteiger partial charge on any atom is 0.155 e. The number of rotatable bonds is 5. The fourth-order valence-corrected chi connectivity index (χ4v) is 1.20. The van der Waals surface area contributed by atoms with E-state index in [-0.39, 0.29) is 6.42 Å². The molecule has 0 unspecified atom stereocenters. The summed E-state index contributed by atoms with van der Waals surface area (Å²) in [6.45, 7) is 4.88. The average Bonchev–Trinajstić information content (AvgIpc) is 2.16. The number of hydrogen-bond acceptors (Lipinski definition) is 3. The molecule has 0 aliphatic carbocycles. The van der Waals surface area contributed by atoms with Gasteiger partial charge in [0.15, 0.2) is 6.29 Å². The van der Waals surface area contributed by atoms with Gasteiger partial charge < -0.3 is 14.9 Å². The molecule has 0 fully saturated rings. The molecule has 0 atom stereocenters. The lowest BCUT2D eigenvalue weighted by atomic mass is 10.1. The monoisotopic (exact) mass is 210 g/mol. The second-order valence-electron chi connectivity index (χ2n) is 4.03. The van der Waals surface area contributed by atoms with Crippen molar-refractivity contribution in [2.45, 2.75) is 26.6 Å². The molecule has 0 aliphatic heterocycles. The van der Waals surface area contributed by atoms with Crippen LogP contribution in [0.4, 0.5) is 0 Å². The standard InChI is InChI=1S/C12H18O3/c1-9(2)8-15-11-5-3-10(4-6-11)7-12(13)14/h3-6,9,12-14H,7-8H2,1-2H3. The molecule has 1 aromatic carbocycles. The lowest BCUT2D eigenvalue weighted by molar-refractivity contribution is -0.0381. The largest absolute Gasteiger partial charge is 0.493 e. The lowest BCUT2D eigenvalue weighted by Gasteiger charge is -2.09. The first kappa shape index (κ1) is 12.0. The van der Waals surface area contributed by atoms with Crippen LogP contribution < -0.4 is 4.74 Å². The Morgan fingerprint density at radius 1 is 1.13 bits per heavy atom.